The molecule has 0 unspecified atom stereocenters. The van der Waals surface area contributed by atoms with E-state index in [0.29, 0.717) is 40.4 Å². The van der Waals surface area contributed by atoms with Gasteiger partial charge < -0.3 is 18.9 Å². The molecule has 1 heterocycles. The van der Waals surface area contributed by atoms with E-state index in [0.717, 1.165) is 7.11 Å². The standard InChI is InChI=1S/C23H19F6N3O3S/c1-32(19-12-17(24)16(11-20(19)34-2)22(25,26)13-23(27,28)29)18-6-5-15(10-14(18)4-3-8-33)36-31-21-7-9-35-30-21/h3-12H,13H2,1-2H3,(H,30,31)/b4-3-. The predicted octanol–water partition coefficient (Wildman–Crippen LogP) is 6.97. The van der Waals surface area contributed by atoms with Gasteiger partial charge in [0.1, 0.15) is 30.5 Å². The average molecular weight is 531 g/mol. The Morgan fingerprint density at radius 3 is 2.50 bits per heavy atom. The zero-order valence-corrected chi connectivity index (χ0v) is 19.6. The molecule has 0 aliphatic carbocycles. The highest BCUT2D eigenvalue weighted by atomic mass is 32.2. The number of anilines is 3. The Morgan fingerprint density at radius 2 is 1.89 bits per heavy atom. The van der Waals surface area contributed by atoms with E-state index in [1.807, 2.05) is 0 Å². The Labute approximate surface area is 206 Å². The molecule has 1 aromatic heterocycles. The van der Waals surface area contributed by atoms with Gasteiger partial charge in [0, 0.05) is 29.8 Å². The van der Waals surface area contributed by atoms with Crippen molar-refractivity contribution in [3.8, 4) is 5.75 Å². The number of rotatable bonds is 10. The van der Waals surface area contributed by atoms with Crippen molar-refractivity contribution in [2.24, 2.45) is 0 Å². The van der Waals surface area contributed by atoms with Crippen LogP contribution in [0.25, 0.3) is 6.08 Å². The van der Waals surface area contributed by atoms with Crippen molar-refractivity contribution in [2.45, 2.75) is 23.4 Å². The van der Waals surface area contributed by atoms with Crippen LogP contribution in [-0.4, -0.2) is 31.8 Å². The van der Waals surface area contributed by atoms with E-state index in [1.165, 1.54) is 42.3 Å². The van der Waals surface area contributed by atoms with Crippen LogP contribution in [0.1, 0.15) is 17.5 Å². The number of nitrogens with one attached hydrogen (secondary N) is 1. The maximum absolute atomic E-state index is 14.7. The van der Waals surface area contributed by atoms with Crippen molar-refractivity contribution in [1.29, 1.82) is 0 Å². The topological polar surface area (TPSA) is 67.6 Å². The van der Waals surface area contributed by atoms with Crippen LogP contribution in [0.2, 0.25) is 0 Å². The number of carbonyl (C=O) groups excluding carboxylic acids is 1. The van der Waals surface area contributed by atoms with E-state index in [9.17, 15) is 31.1 Å². The van der Waals surface area contributed by atoms with Gasteiger partial charge in [0.25, 0.3) is 5.92 Å². The van der Waals surface area contributed by atoms with Gasteiger partial charge in [-0.2, -0.15) is 13.2 Å². The number of hydrogen-bond acceptors (Lipinski definition) is 7. The molecule has 3 rings (SSSR count). The molecule has 36 heavy (non-hydrogen) atoms. The Bertz CT molecular complexity index is 1230. The van der Waals surface area contributed by atoms with Crippen LogP contribution in [0.3, 0.4) is 0 Å². The Morgan fingerprint density at radius 1 is 1.14 bits per heavy atom. The van der Waals surface area contributed by atoms with Crippen molar-refractivity contribution < 1.29 is 40.4 Å². The maximum atomic E-state index is 14.7. The van der Waals surface area contributed by atoms with E-state index in [4.69, 9.17) is 9.26 Å². The van der Waals surface area contributed by atoms with Crippen LogP contribution >= 0.6 is 11.9 Å². The van der Waals surface area contributed by atoms with E-state index >= 15 is 0 Å². The molecule has 0 aliphatic rings. The van der Waals surface area contributed by atoms with Crippen LogP contribution in [0.15, 0.2) is 58.2 Å². The number of alkyl halides is 5. The summed E-state index contributed by atoms with van der Waals surface area (Å²) in [4.78, 5) is 13.0. The second kappa shape index (κ2) is 11.0. The molecule has 192 valence electrons. The van der Waals surface area contributed by atoms with Crippen LogP contribution in [0, 0.1) is 5.82 Å². The summed E-state index contributed by atoms with van der Waals surface area (Å²) in [6.07, 6.45) is -3.08. The SMILES string of the molecule is COc1cc(C(F)(F)CC(F)(F)F)c(F)cc1N(C)c1ccc(SNc2ccon2)cc1/C=C\C=O. The molecule has 0 radical (unpaired) electrons. The number of ether oxygens (including phenoxy) is 1. The average Bonchev–Trinajstić information content (AvgIpc) is 3.33. The third-order valence-electron chi connectivity index (χ3n) is 4.87. The molecule has 0 amide bonds. The minimum absolute atomic E-state index is 0.0246. The first-order chi connectivity index (χ1) is 16.9. The third kappa shape index (κ3) is 6.53. The summed E-state index contributed by atoms with van der Waals surface area (Å²) in [5.74, 6) is -5.83. The van der Waals surface area contributed by atoms with Gasteiger partial charge in [0.15, 0.2) is 5.82 Å². The minimum atomic E-state index is -5.21. The Balaban J connectivity index is 1.99. The number of hydrogen-bond donors (Lipinski definition) is 1. The van der Waals surface area contributed by atoms with E-state index < -0.39 is 29.9 Å². The van der Waals surface area contributed by atoms with Crippen molar-refractivity contribution >= 4 is 41.5 Å². The number of aromatic nitrogens is 1. The fraction of sp³-hybridized carbons (Fsp3) is 0.217. The maximum Gasteiger partial charge on any atom is 0.395 e. The summed E-state index contributed by atoms with van der Waals surface area (Å²) < 4.78 is 93.7. The van der Waals surface area contributed by atoms with Gasteiger partial charge in [0.05, 0.1) is 18.4 Å². The number of methoxy groups -OCH3 is 1. The van der Waals surface area contributed by atoms with Gasteiger partial charge in [-0.1, -0.05) is 5.16 Å². The summed E-state index contributed by atoms with van der Waals surface area (Å²) in [7, 11) is 2.61. The molecule has 0 saturated carbocycles. The Kier molecular flexibility index (Phi) is 8.23. The van der Waals surface area contributed by atoms with Gasteiger partial charge in [-0.05, 0) is 53.9 Å². The van der Waals surface area contributed by atoms with Crippen LogP contribution < -0.4 is 14.4 Å². The number of benzene rings is 2. The molecule has 1 N–H and O–H groups in total. The Hall–Kier alpha value is -3.61. The lowest BCUT2D eigenvalue weighted by Crippen LogP contribution is -2.25. The zero-order valence-electron chi connectivity index (χ0n) is 18.8. The van der Waals surface area contributed by atoms with E-state index in [-0.39, 0.29) is 11.4 Å². The second-order valence-corrected chi connectivity index (χ2v) is 8.24. The number of aldehydes is 1. The largest absolute Gasteiger partial charge is 0.495 e. The lowest BCUT2D eigenvalue weighted by molar-refractivity contribution is -0.191. The number of carbonyl (C=O) groups is 1. The lowest BCUT2D eigenvalue weighted by Gasteiger charge is -2.26. The summed E-state index contributed by atoms with van der Waals surface area (Å²) in [5.41, 5.74) is -0.541. The normalized spacial score (nSPS) is 12.1. The molecule has 0 atom stereocenters. The third-order valence-corrected chi connectivity index (χ3v) is 5.67. The van der Waals surface area contributed by atoms with Crippen LogP contribution in [0.4, 0.5) is 43.5 Å². The molecule has 2 aromatic carbocycles. The van der Waals surface area contributed by atoms with Crippen LogP contribution in [-0.2, 0) is 10.7 Å². The number of halogens is 6. The molecule has 6 nitrogen and oxygen atoms in total. The molecule has 3 aromatic rings. The first-order valence-electron chi connectivity index (χ1n) is 10.1. The fourth-order valence-corrected chi connectivity index (χ4v) is 3.93. The first-order valence-corrected chi connectivity index (χ1v) is 10.9. The highest BCUT2D eigenvalue weighted by Gasteiger charge is 2.46. The second-order valence-electron chi connectivity index (χ2n) is 7.36. The van der Waals surface area contributed by atoms with Crippen molar-refractivity contribution in [1.82, 2.24) is 5.16 Å². The monoisotopic (exact) mass is 531 g/mol. The molecular formula is C23H19F6N3O3S. The van der Waals surface area contributed by atoms with Crippen molar-refractivity contribution in [2.75, 3.05) is 23.8 Å². The molecule has 0 aliphatic heterocycles. The van der Waals surface area contributed by atoms with Gasteiger partial charge in [0.2, 0.25) is 0 Å². The summed E-state index contributed by atoms with van der Waals surface area (Å²) in [5, 5.41) is 3.72. The molecular weight excluding hydrogens is 512 g/mol. The lowest BCUT2D eigenvalue weighted by atomic mass is 10.0. The molecule has 0 saturated heterocycles. The number of allylic oxidation sites excluding steroid dienone is 1. The summed E-state index contributed by atoms with van der Waals surface area (Å²) in [6.45, 7) is 0. The highest BCUT2D eigenvalue weighted by molar-refractivity contribution is 8.00. The van der Waals surface area contributed by atoms with E-state index in [2.05, 4.69) is 9.88 Å². The smallest absolute Gasteiger partial charge is 0.395 e. The minimum Gasteiger partial charge on any atom is -0.495 e. The molecule has 0 fully saturated rings. The van der Waals surface area contributed by atoms with Gasteiger partial charge in [-0.15, -0.1) is 0 Å². The van der Waals surface area contributed by atoms with Gasteiger partial charge in [-0.25, -0.2) is 13.2 Å². The molecule has 13 heteroatoms. The number of nitrogens with zero attached hydrogens (tertiary/aromatic N) is 2. The first kappa shape index (κ1) is 27.0. The fourth-order valence-electron chi connectivity index (χ4n) is 3.28. The molecule has 0 spiro atoms. The highest BCUT2D eigenvalue weighted by Crippen LogP contribution is 2.45. The molecule has 0 bridgehead atoms. The predicted molar refractivity (Wildman–Crippen MR) is 123 cm³/mol. The van der Waals surface area contributed by atoms with Crippen molar-refractivity contribution in [3.63, 3.8) is 0 Å². The van der Waals surface area contributed by atoms with Gasteiger partial charge in [-0.3, -0.25) is 4.79 Å². The zero-order chi connectivity index (χ0) is 26.5. The quantitative estimate of drug-likeness (QED) is 0.131. The summed E-state index contributed by atoms with van der Waals surface area (Å²) in [6, 6.07) is 7.85. The van der Waals surface area contributed by atoms with Crippen LogP contribution in [0.5, 0.6) is 5.75 Å². The van der Waals surface area contributed by atoms with Crippen molar-refractivity contribution in [3.05, 3.63) is 65.7 Å². The van der Waals surface area contributed by atoms with Gasteiger partial charge >= 0.3 is 6.18 Å². The summed E-state index contributed by atoms with van der Waals surface area (Å²) >= 11 is 1.19. The van der Waals surface area contributed by atoms with E-state index in [1.54, 1.807) is 24.3 Å².